The molecule has 0 radical (unpaired) electrons. The zero-order valence-corrected chi connectivity index (χ0v) is 9.71. The van der Waals surface area contributed by atoms with Crippen LogP contribution in [0.2, 0.25) is 0 Å². The van der Waals surface area contributed by atoms with Crippen LogP contribution in [0.5, 0.6) is 0 Å². The van der Waals surface area contributed by atoms with Crippen LogP contribution in [-0.2, 0) is 9.84 Å². The summed E-state index contributed by atoms with van der Waals surface area (Å²) in [6.07, 6.45) is 0.480. The molecule has 1 aliphatic heterocycles. The quantitative estimate of drug-likeness (QED) is 0.820. The zero-order valence-electron chi connectivity index (χ0n) is 8.89. The first kappa shape index (κ1) is 11.2. The molecule has 1 amide bonds. The van der Waals surface area contributed by atoms with E-state index in [9.17, 15) is 13.2 Å². The van der Waals surface area contributed by atoms with Gasteiger partial charge in [0.05, 0.1) is 11.5 Å². The molecule has 1 aromatic rings. The fourth-order valence-corrected chi connectivity index (χ4v) is 3.40. The van der Waals surface area contributed by atoms with Crippen LogP contribution < -0.4 is 5.32 Å². The standard InChI is InChI=1S/C10H13NO4S/c1-7-2-3-9(15-7)10(12)11-8-4-5-16(13,14)6-8/h2-3,8H,4-6H2,1H3,(H,11,12)/t8-/m0/s1. The normalized spacial score (nSPS) is 23.2. The van der Waals surface area contributed by atoms with E-state index < -0.39 is 9.84 Å². The molecule has 1 aromatic heterocycles. The summed E-state index contributed by atoms with van der Waals surface area (Å²) < 4.78 is 27.5. The Bertz CT molecular complexity index is 503. The van der Waals surface area contributed by atoms with Crippen LogP contribution in [0.25, 0.3) is 0 Å². The second-order valence-electron chi connectivity index (χ2n) is 3.98. The molecule has 1 saturated heterocycles. The molecule has 1 fully saturated rings. The van der Waals surface area contributed by atoms with Gasteiger partial charge in [-0.2, -0.15) is 0 Å². The molecule has 0 aliphatic carbocycles. The van der Waals surface area contributed by atoms with E-state index >= 15 is 0 Å². The van der Waals surface area contributed by atoms with Crippen molar-refractivity contribution >= 4 is 15.7 Å². The Hall–Kier alpha value is -1.30. The molecule has 5 nitrogen and oxygen atoms in total. The Morgan fingerprint density at radius 3 is 2.75 bits per heavy atom. The fourth-order valence-electron chi connectivity index (χ4n) is 1.72. The minimum Gasteiger partial charge on any atom is -0.456 e. The average molecular weight is 243 g/mol. The first-order valence-corrected chi connectivity index (χ1v) is 6.86. The van der Waals surface area contributed by atoms with E-state index in [0.29, 0.717) is 12.2 Å². The lowest BCUT2D eigenvalue weighted by atomic mass is 10.2. The maximum Gasteiger partial charge on any atom is 0.287 e. The van der Waals surface area contributed by atoms with Crippen molar-refractivity contribution in [1.29, 1.82) is 0 Å². The summed E-state index contributed by atoms with van der Waals surface area (Å²) in [5.74, 6) is 0.703. The monoisotopic (exact) mass is 243 g/mol. The topological polar surface area (TPSA) is 76.4 Å². The van der Waals surface area contributed by atoms with Gasteiger partial charge < -0.3 is 9.73 Å². The summed E-state index contributed by atoms with van der Waals surface area (Å²) in [7, 11) is -2.96. The van der Waals surface area contributed by atoms with Gasteiger partial charge in [-0.05, 0) is 25.5 Å². The number of aryl methyl sites for hydroxylation is 1. The molecular weight excluding hydrogens is 230 g/mol. The number of sulfone groups is 1. The lowest BCUT2D eigenvalue weighted by Crippen LogP contribution is -2.35. The Labute approximate surface area is 93.7 Å². The van der Waals surface area contributed by atoms with Gasteiger partial charge in [-0.3, -0.25) is 4.79 Å². The van der Waals surface area contributed by atoms with E-state index in [4.69, 9.17) is 4.42 Å². The highest BCUT2D eigenvalue weighted by Gasteiger charge is 2.29. The van der Waals surface area contributed by atoms with Crippen LogP contribution in [0.4, 0.5) is 0 Å². The first-order valence-electron chi connectivity index (χ1n) is 5.04. The van der Waals surface area contributed by atoms with E-state index in [-0.39, 0.29) is 29.2 Å². The number of hydrogen-bond acceptors (Lipinski definition) is 4. The Morgan fingerprint density at radius 2 is 2.25 bits per heavy atom. The molecule has 1 N–H and O–H groups in total. The minimum atomic E-state index is -2.96. The summed E-state index contributed by atoms with van der Waals surface area (Å²) in [6.45, 7) is 1.75. The number of hydrogen-bond donors (Lipinski definition) is 1. The van der Waals surface area contributed by atoms with Gasteiger partial charge in [0.15, 0.2) is 15.6 Å². The van der Waals surface area contributed by atoms with E-state index in [1.807, 2.05) is 0 Å². The van der Waals surface area contributed by atoms with Gasteiger partial charge in [-0.15, -0.1) is 0 Å². The fraction of sp³-hybridized carbons (Fsp3) is 0.500. The molecule has 0 bridgehead atoms. The van der Waals surface area contributed by atoms with Crippen molar-refractivity contribution in [2.45, 2.75) is 19.4 Å². The highest BCUT2D eigenvalue weighted by molar-refractivity contribution is 7.91. The molecule has 6 heteroatoms. The van der Waals surface area contributed by atoms with Gasteiger partial charge in [0, 0.05) is 6.04 Å². The highest BCUT2D eigenvalue weighted by atomic mass is 32.2. The molecule has 88 valence electrons. The maximum atomic E-state index is 11.6. The van der Waals surface area contributed by atoms with Crippen molar-refractivity contribution in [2.75, 3.05) is 11.5 Å². The van der Waals surface area contributed by atoms with Crippen LogP contribution >= 0.6 is 0 Å². The molecule has 0 unspecified atom stereocenters. The van der Waals surface area contributed by atoms with Crippen molar-refractivity contribution in [3.63, 3.8) is 0 Å². The van der Waals surface area contributed by atoms with Crippen LogP contribution in [-0.4, -0.2) is 31.9 Å². The molecule has 0 saturated carbocycles. The molecule has 1 atom stereocenters. The predicted octanol–water partition coefficient (Wildman–Crippen LogP) is 0.505. The van der Waals surface area contributed by atoms with Crippen molar-refractivity contribution in [2.24, 2.45) is 0 Å². The summed E-state index contributed by atoms with van der Waals surface area (Å²) in [6, 6.07) is 2.98. The molecule has 0 spiro atoms. The van der Waals surface area contributed by atoms with E-state index in [2.05, 4.69) is 5.32 Å². The van der Waals surface area contributed by atoms with Gasteiger partial charge in [0.25, 0.3) is 5.91 Å². The van der Waals surface area contributed by atoms with Gasteiger partial charge in [-0.25, -0.2) is 8.42 Å². The van der Waals surface area contributed by atoms with E-state index in [0.717, 1.165) is 0 Å². The molecule has 2 rings (SSSR count). The second-order valence-corrected chi connectivity index (χ2v) is 6.21. The molecule has 2 heterocycles. The predicted molar refractivity (Wildman–Crippen MR) is 58.0 cm³/mol. The maximum absolute atomic E-state index is 11.6. The zero-order chi connectivity index (χ0) is 11.8. The largest absolute Gasteiger partial charge is 0.456 e. The lowest BCUT2D eigenvalue weighted by Gasteiger charge is -2.08. The molecule has 1 aliphatic rings. The Balaban J connectivity index is 1.99. The van der Waals surface area contributed by atoms with E-state index in [1.54, 1.807) is 19.1 Å². The van der Waals surface area contributed by atoms with Crippen molar-refractivity contribution < 1.29 is 17.6 Å². The van der Waals surface area contributed by atoms with Crippen molar-refractivity contribution in [1.82, 2.24) is 5.32 Å². The third-order valence-corrected chi connectivity index (χ3v) is 4.30. The highest BCUT2D eigenvalue weighted by Crippen LogP contribution is 2.13. The first-order chi connectivity index (χ1) is 7.46. The summed E-state index contributed by atoms with van der Waals surface area (Å²) in [4.78, 5) is 11.6. The van der Waals surface area contributed by atoms with Crippen molar-refractivity contribution in [3.8, 4) is 0 Å². The van der Waals surface area contributed by atoms with E-state index in [1.165, 1.54) is 0 Å². The minimum absolute atomic E-state index is 0.0262. The SMILES string of the molecule is Cc1ccc(C(=O)N[C@H]2CCS(=O)(=O)C2)o1. The number of rotatable bonds is 2. The Morgan fingerprint density at radius 1 is 1.50 bits per heavy atom. The summed E-state index contributed by atoms with van der Waals surface area (Å²) >= 11 is 0. The van der Waals surface area contributed by atoms with Gasteiger partial charge in [-0.1, -0.05) is 0 Å². The van der Waals surface area contributed by atoms with Gasteiger partial charge in [0.2, 0.25) is 0 Å². The molecule has 16 heavy (non-hydrogen) atoms. The number of carbonyl (C=O) groups excluding carboxylic acids is 1. The molecule has 0 aromatic carbocycles. The third-order valence-electron chi connectivity index (χ3n) is 2.53. The summed E-state index contributed by atoms with van der Waals surface area (Å²) in [5.41, 5.74) is 0. The summed E-state index contributed by atoms with van der Waals surface area (Å²) in [5, 5.41) is 2.65. The third kappa shape index (κ3) is 2.44. The molecular formula is C10H13NO4S. The van der Waals surface area contributed by atoms with Crippen LogP contribution in [0.1, 0.15) is 22.7 Å². The smallest absolute Gasteiger partial charge is 0.287 e. The van der Waals surface area contributed by atoms with Gasteiger partial charge in [0.1, 0.15) is 5.76 Å². The van der Waals surface area contributed by atoms with Crippen LogP contribution in [0.15, 0.2) is 16.5 Å². The van der Waals surface area contributed by atoms with Crippen LogP contribution in [0, 0.1) is 6.92 Å². The van der Waals surface area contributed by atoms with Gasteiger partial charge >= 0.3 is 0 Å². The average Bonchev–Trinajstić information content (AvgIpc) is 2.73. The second kappa shape index (κ2) is 3.93. The Kier molecular flexibility index (Phi) is 2.75. The number of furan rings is 1. The number of carbonyl (C=O) groups is 1. The van der Waals surface area contributed by atoms with Crippen molar-refractivity contribution in [3.05, 3.63) is 23.7 Å². The number of nitrogens with one attached hydrogen (secondary N) is 1. The number of amides is 1. The lowest BCUT2D eigenvalue weighted by molar-refractivity contribution is 0.0912. The van der Waals surface area contributed by atoms with Crippen LogP contribution in [0.3, 0.4) is 0 Å².